The first kappa shape index (κ1) is 16.8. The van der Waals surface area contributed by atoms with E-state index in [1.54, 1.807) is 0 Å². The SMILES string of the molecule is Cc1cccc(CN2CCN(Cc3ccc(Cl)c(Cl)c3)CC2)c1. The molecule has 4 heteroatoms. The summed E-state index contributed by atoms with van der Waals surface area (Å²) >= 11 is 12.1. The van der Waals surface area contributed by atoms with Crippen LogP contribution in [0.1, 0.15) is 16.7 Å². The van der Waals surface area contributed by atoms with E-state index in [1.165, 1.54) is 16.7 Å². The average molecular weight is 349 g/mol. The van der Waals surface area contributed by atoms with Crippen molar-refractivity contribution in [3.05, 3.63) is 69.2 Å². The molecule has 0 N–H and O–H groups in total. The Bertz CT molecular complexity index is 664. The van der Waals surface area contributed by atoms with Gasteiger partial charge in [0.05, 0.1) is 10.0 Å². The summed E-state index contributed by atoms with van der Waals surface area (Å²) in [7, 11) is 0. The first-order valence-corrected chi connectivity index (χ1v) is 8.80. The number of aryl methyl sites for hydroxylation is 1. The first-order valence-electron chi connectivity index (χ1n) is 8.04. The minimum absolute atomic E-state index is 0.624. The van der Waals surface area contributed by atoms with Crippen molar-refractivity contribution in [3.63, 3.8) is 0 Å². The predicted octanol–water partition coefficient (Wildman–Crippen LogP) is 4.62. The van der Waals surface area contributed by atoms with E-state index in [9.17, 15) is 0 Å². The minimum atomic E-state index is 0.624. The molecular formula is C19H22Cl2N2. The van der Waals surface area contributed by atoms with E-state index >= 15 is 0 Å². The molecule has 1 heterocycles. The summed E-state index contributed by atoms with van der Waals surface area (Å²) in [5.74, 6) is 0. The van der Waals surface area contributed by atoms with E-state index in [4.69, 9.17) is 23.2 Å². The Morgan fingerprint density at radius 2 is 1.39 bits per heavy atom. The van der Waals surface area contributed by atoms with E-state index in [1.807, 2.05) is 12.1 Å². The number of rotatable bonds is 4. The molecule has 1 aliphatic rings. The van der Waals surface area contributed by atoms with E-state index in [-0.39, 0.29) is 0 Å². The van der Waals surface area contributed by atoms with Gasteiger partial charge in [-0.15, -0.1) is 0 Å². The fraction of sp³-hybridized carbons (Fsp3) is 0.368. The van der Waals surface area contributed by atoms with Gasteiger partial charge in [-0.25, -0.2) is 0 Å². The maximum absolute atomic E-state index is 6.10. The van der Waals surface area contributed by atoms with Gasteiger partial charge in [0.15, 0.2) is 0 Å². The second kappa shape index (κ2) is 7.67. The molecule has 0 amide bonds. The Kier molecular flexibility index (Phi) is 5.60. The Balaban J connectivity index is 1.51. The van der Waals surface area contributed by atoms with E-state index in [0.29, 0.717) is 10.0 Å². The van der Waals surface area contributed by atoms with Crippen LogP contribution in [-0.2, 0) is 13.1 Å². The third kappa shape index (κ3) is 4.71. The van der Waals surface area contributed by atoms with Crippen LogP contribution in [-0.4, -0.2) is 36.0 Å². The zero-order chi connectivity index (χ0) is 16.2. The largest absolute Gasteiger partial charge is 0.297 e. The van der Waals surface area contributed by atoms with Crippen LogP contribution >= 0.6 is 23.2 Å². The summed E-state index contributed by atoms with van der Waals surface area (Å²) in [5, 5.41) is 1.26. The van der Waals surface area contributed by atoms with Gasteiger partial charge in [0.1, 0.15) is 0 Å². The standard InChI is InChI=1S/C19H22Cl2N2/c1-15-3-2-4-16(11-15)13-22-7-9-23(10-8-22)14-17-5-6-18(20)19(21)12-17/h2-6,11-12H,7-10,13-14H2,1H3. The van der Waals surface area contributed by atoms with Gasteiger partial charge in [-0.2, -0.15) is 0 Å². The molecule has 0 unspecified atom stereocenters. The topological polar surface area (TPSA) is 6.48 Å². The minimum Gasteiger partial charge on any atom is -0.297 e. The Morgan fingerprint density at radius 1 is 0.783 bits per heavy atom. The Labute approximate surface area is 148 Å². The molecule has 1 saturated heterocycles. The van der Waals surface area contributed by atoms with E-state index in [2.05, 4.69) is 47.1 Å². The lowest BCUT2D eigenvalue weighted by atomic mass is 10.1. The molecule has 0 saturated carbocycles. The fourth-order valence-electron chi connectivity index (χ4n) is 3.07. The highest BCUT2D eigenvalue weighted by atomic mass is 35.5. The van der Waals surface area contributed by atoms with Gasteiger partial charge < -0.3 is 0 Å². The van der Waals surface area contributed by atoms with Gasteiger partial charge in [-0.1, -0.05) is 59.1 Å². The Hall–Kier alpha value is -1.06. The molecule has 2 aromatic carbocycles. The fourth-order valence-corrected chi connectivity index (χ4v) is 3.39. The van der Waals surface area contributed by atoms with Crippen molar-refractivity contribution in [1.82, 2.24) is 9.80 Å². The van der Waals surface area contributed by atoms with Gasteiger partial charge in [-0.3, -0.25) is 9.80 Å². The van der Waals surface area contributed by atoms with E-state index in [0.717, 1.165) is 39.3 Å². The van der Waals surface area contributed by atoms with E-state index < -0.39 is 0 Å². The number of hydrogen-bond donors (Lipinski definition) is 0. The summed E-state index contributed by atoms with van der Waals surface area (Å²) in [4.78, 5) is 5.01. The zero-order valence-electron chi connectivity index (χ0n) is 13.4. The normalized spacial score (nSPS) is 16.7. The molecule has 0 spiro atoms. The molecule has 0 bridgehead atoms. The van der Waals surface area contributed by atoms with Crippen LogP contribution < -0.4 is 0 Å². The van der Waals surface area contributed by atoms with Crippen molar-refractivity contribution in [2.75, 3.05) is 26.2 Å². The number of piperazine rings is 1. The van der Waals surface area contributed by atoms with Crippen LogP contribution in [0, 0.1) is 6.92 Å². The van der Waals surface area contributed by atoms with Gasteiger partial charge in [0, 0.05) is 39.3 Å². The molecule has 1 fully saturated rings. The van der Waals surface area contributed by atoms with Gasteiger partial charge in [-0.05, 0) is 30.2 Å². The van der Waals surface area contributed by atoms with Gasteiger partial charge in [0.2, 0.25) is 0 Å². The molecule has 2 nitrogen and oxygen atoms in total. The van der Waals surface area contributed by atoms with Crippen LogP contribution in [0.2, 0.25) is 10.0 Å². The number of nitrogens with zero attached hydrogens (tertiary/aromatic N) is 2. The second-order valence-electron chi connectivity index (χ2n) is 6.29. The van der Waals surface area contributed by atoms with Crippen LogP contribution in [0.3, 0.4) is 0 Å². The third-order valence-electron chi connectivity index (χ3n) is 4.34. The lowest BCUT2D eigenvalue weighted by molar-refractivity contribution is 0.122. The lowest BCUT2D eigenvalue weighted by Gasteiger charge is -2.34. The van der Waals surface area contributed by atoms with Gasteiger partial charge >= 0.3 is 0 Å². The summed E-state index contributed by atoms with van der Waals surface area (Å²) < 4.78 is 0. The van der Waals surface area contributed by atoms with Crippen LogP contribution in [0.4, 0.5) is 0 Å². The molecule has 0 radical (unpaired) electrons. The highest BCUT2D eigenvalue weighted by Crippen LogP contribution is 2.23. The molecule has 0 atom stereocenters. The molecule has 23 heavy (non-hydrogen) atoms. The smallest absolute Gasteiger partial charge is 0.0595 e. The third-order valence-corrected chi connectivity index (χ3v) is 5.08. The van der Waals surface area contributed by atoms with Crippen LogP contribution in [0.5, 0.6) is 0 Å². The predicted molar refractivity (Wildman–Crippen MR) is 98.2 cm³/mol. The number of hydrogen-bond acceptors (Lipinski definition) is 2. The van der Waals surface area contributed by atoms with Crippen molar-refractivity contribution < 1.29 is 0 Å². The maximum atomic E-state index is 6.10. The molecule has 2 aromatic rings. The number of halogens is 2. The molecule has 0 aromatic heterocycles. The first-order chi connectivity index (χ1) is 11.1. The van der Waals surface area contributed by atoms with Crippen LogP contribution in [0.15, 0.2) is 42.5 Å². The molecule has 3 rings (SSSR count). The maximum Gasteiger partial charge on any atom is 0.0595 e. The summed E-state index contributed by atoms with van der Waals surface area (Å²) in [5.41, 5.74) is 3.97. The Morgan fingerprint density at radius 3 is 1.96 bits per heavy atom. The second-order valence-corrected chi connectivity index (χ2v) is 7.10. The van der Waals surface area contributed by atoms with Crippen LogP contribution in [0.25, 0.3) is 0 Å². The zero-order valence-corrected chi connectivity index (χ0v) is 14.9. The van der Waals surface area contributed by atoms with Crippen molar-refractivity contribution in [3.8, 4) is 0 Å². The summed E-state index contributed by atoms with van der Waals surface area (Å²) in [6, 6.07) is 14.7. The highest BCUT2D eigenvalue weighted by Gasteiger charge is 2.17. The molecular weight excluding hydrogens is 327 g/mol. The van der Waals surface area contributed by atoms with Gasteiger partial charge in [0.25, 0.3) is 0 Å². The average Bonchev–Trinajstić information content (AvgIpc) is 2.53. The molecule has 0 aliphatic carbocycles. The monoisotopic (exact) mass is 348 g/mol. The lowest BCUT2D eigenvalue weighted by Crippen LogP contribution is -2.45. The highest BCUT2D eigenvalue weighted by molar-refractivity contribution is 6.42. The molecule has 122 valence electrons. The number of benzene rings is 2. The summed E-state index contributed by atoms with van der Waals surface area (Å²) in [6.45, 7) is 8.53. The molecule has 1 aliphatic heterocycles. The summed E-state index contributed by atoms with van der Waals surface area (Å²) in [6.07, 6.45) is 0. The van der Waals surface area contributed by atoms with Crippen molar-refractivity contribution in [2.45, 2.75) is 20.0 Å². The van der Waals surface area contributed by atoms with Crippen molar-refractivity contribution in [2.24, 2.45) is 0 Å². The van der Waals surface area contributed by atoms with Crippen molar-refractivity contribution >= 4 is 23.2 Å². The van der Waals surface area contributed by atoms with Crippen molar-refractivity contribution in [1.29, 1.82) is 0 Å². The quantitative estimate of drug-likeness (QED) is 0.795.